The third kappa shape index (κ3) is 2.44. The van der Waals surface area contributed by atoms with Crippen LogP contribution in [0.15, 0.2) is 35.0 Å². The van der Waals surface area contributed by atoms with Crippen LogP contribution in [0.3, 0.4) is 0 Å². The molecule has 8 nitrogen and oxygen atoms in total. The number of hydrogen-bond acceptors (Lipinski definition) is 6. The zero-order valence-electron chi connectivity index (χ0n) is 10.4. The van der Waals surface area contributed by atoms with Gasteiger partial charge in [0.2, 0.25) is 0 Å². The van der Waals surface area contributed by atoms with Gasteiger partial charge in [0.1, 0.15) is 11.3 Å². The quantitative estimate of drug-likeness (QED) is 0.544. The van der Waals surface area contributed by atoms with Crippen LogP contribution in [0.5, 0.6) is 0 Å². The molecule has 0 saturated heterocycles. The van der Waals surface area contributed by atoms with Crippen molar-refractivity contribution in [3.05, 3.63) is 46.5 Å². The Morgan fingerprint density at radius 3 is 3.10 bits per heavy atom. The molecule has 0 bridgehead atoms. The fraction of sp³-hybridized carbons (Fsp3) is 0.167. The molecule has 0 saturated carbocycles. The molecule has 0 fully saturated rings. The minimum atomic E-state index is -0.460. The molecule has 0 aliphatic heterocycles. The second-order valence-corrected chi connectivity index (χ2v) is 4.14. The summed E-state index contributed by atoms with van der Waals surface area (Å²) in [6.07, 6.45) is 4.15. The highest BCUT2D eigenvalue weighted by Crippen LogP contribution is 2.23. The van der Waals surface area contributed by atoms with E-state index >= 15 is 0 Å². The van der Waals surface area contributed by atoms with Gasteiger partial charge < -0.3 is 14.7 Å². The van der Waals surface area contributed by atoms with E-state index in [0.29, 0.717) is 30.1 Å². The van der Waals surface area contributed by atoms with Crippen LogP contribution in [-0.4, -0.2) is 26.4 Å². The van der Waals surface area contributed by atoms with Gasteiger partial charge in [0, 0.05) is 37.5 Å². The highest BCUT2D eigenvalue weighted by Gasteiger charge is 2.11. The summed E-state index contributed by atoms with van der Waals surface area (Å²) in [5, 5.41) is 13.7. The van der Waals surface area contributed by atoms with Crippen molar-refractivity contribution < 1.29 is 9.34 Å². The summed E-state index contributed by atoms with van der Waals surface area (Å²) in [5.41, 5.74) is 0.962. The van der Waals surface area contributed by atoms with E-state index in [2.05, 4.69) is 20.3 Å². The van der Waals surface area contributed by atoms with E-state index in [-0.39, 0.29) is 5.69 Å². The van der Waals surface area contributed by atoms with Crippen molar-refractivity contribution in [2.24, 2.45) is 0 Å². The second kappa shape index (κ2) is 5.00. The maximum Gasteiger partial charge on any atom is 0.295 e. The Labute approximate surface area is 113 Å². The lowest BCUT2D eigenvalue weighted by Gasteiger charge is -1.98. The number of aromatic nitrogens is 3. The lowest BCUT2D eigenvalue weighted by molar-refractivity contribution is -0.384. The van der Waals surface area contributed by atoms with Gasteiger partial charge in [-0.2, -0.15) is 4.98 Å². The largest absolute Gasteiger partial charge is 0.424 e. The van der Waals surface area contributed by atoms with Gasteiger partial charge in [-0.25, -0.2) is 4.98 Å². The van der Waals surface area contributed by atoms with E-state index in [1.807, 2.05) is 0 Å². The first-order valence-electron chi connectivity index (χ1n) is 5.99. The van der Waals surface area contributed by atoms with Crippen LogP contribution in [0.4, 0.5) is 11.7 Å². The molecule has 20 heavy (non-hydrogen) atoms. The summed E-state index contributed by atoms with van der Waals surface area (Å²) in [4.78, 5) is 21.5. The van der Waals surface area contributed by atoms with Crippen molar-refractivity contribution >= 4 is 22.8 Å². The molecule has 0 spiro atoms. The third-order valence-electron chi connectivity index (χ3n) is 2.77. The fourth-order valence-electron chi connectivity index (χ4n) is 1.83. The van der Waals surface area contributed by atoms with Crippen molar-refractivity contribution in [3.8, 4) is 0 Å². The number of anilines is 1. The van der Waals surface area contributed by atoms with E-state index < -0.39 is 4.92 Å². The number of hydrogen-bond donors (Lipinski definition) is 2. The van der Waals surface area contributed by atoms with Crippen LogP contribution in [0, 0.1) is 10.1 Å². The number of nitrogens with zero attached hydrogens (tertiary/aromatic N) is 3. The topological polar surface area (TPSA) is 110 Å². The number of H-pyrrole nitrogens is 1. The van der Waals surface area contributed by atoms with Gasteiger partial charge in [-0.1, -0.05) is 0 Å². The molecule has 2 N–H and O–H groups in total. The molecule has 3 rings (SSSR count). The number of nitro groups is 1. The second-order valence-electron chi connectivity index (χ2n) is 4.14. The molecule has 8 heteroatoms. The van der Waals surface area contributed by atoms with Crippen LogP contribution in [0.25, 0.3) is 11.1 Å². The van der Waals surface area contributed by atoms with Gasteiger partial charge >= 0.3 is 0 Å². The van der Waals surface area contributed by atoms with Crippen molar-refractivity contribution in [3.63, 3.8) is 0 Å². The first-order valence-corrected chi connectivity index (χ1v) is 5.99. The minimum absolute atomic E-state index is 0.00654. The summed E-state index contributed by atoms with van der Waals surface area (Å²) < 4.78 is 5.45. The average molecular weight is 273 g/mol. The summed E-state index contributed by atoms with van der Waals surface area (Å²) in [6, 6.07) is 4.65. The molecular weight excluding hydrogens is 262 g/mol. The maximum absolute atomic E-state index is 10.7. The third-order valence-corrected chi connectivity index (χ3v) is 2.77. The monoisotopic (exact) mass is 273 g/mol. The van der Waals surface area contributed by atoms with Crippen LogP contribution in [0.1, 0.15) is 5.82 Å². The molecule has 0 atom stereocenters. The van der Waals surface area contributed by atoms with Crippen molar-refractivity contribution in [2.45, 2.75) is 6.42 Å². The molecule has 2 aromatic heterocycles. The number of nitrogens with one attached hydrogen (secondary N) is 2. The zero-order valence-corrected chi connectivity index (χ0v) is 10.4. The molecule has 0 aliphatic rings. The van der Waals surface area contributed by atoms with E-state index in [1.54, 1.807) is 12.4 Å². The number of non-ortho nitro benzene ring substituents is 1. The Morgan fingerprint density at radius 1 is 1.45 bits per heavy atom. The van der Waals surface area contributed by atoms with Crippen LogP contribution in [-0.2, 0) is 6.42 Å². The molecule has 2 heterocycles. The van der Waals surface area contributed by atoms with Gasteiger partial charge in [-0.15, -0.1) is 0 Å². The van der Waals surface area contributed by atoms with Gasteiger partial charge in [0.05, 0.1) is 4.92 Å². The van der Waals surface area contributed by atoms with Gasteiger partial charge in [-0.3, -0.25) is 10.1 Å². The van der Waals surface area contributed by atoms with Gasteiger partial charge in [-0.05, 0) is 6.07 Å². The number of nitro benzene ring substituents is 1. The number of oxazole rings is 1. The molecule has 0 aliphatic carbocycles. The fourth-order valence-corrected chi connectivity index (χ4v) is 1.83. The van der Waals surface area contributed by atoms with E-state index in [4.69, 9.17) is 4.42 Å². The van der Waals surface area contributed by atoms with Gasteiger partial charge in [0.15, 0.2) is 5.58 Å². The summed E-state index contributed by atoms with van der Waals surface area (Å²) in [6.45, 7) is 0.600. The van der Waals surface area contributed by atoms with E-state index in [1.165, 1.54) is 18.2 Å². The molecule has 1 aromatic carbocycles. The normalized spacial score (nSPS) is 10.8. The van der Waals surface area contributed by atoms with Crippen LogP contribution in [0.2, 0.25) is 0 Å². The maximum atomic E-state index is 10.7. The molecular formula is C12H11N5O3. The lowest BCUT2D eigenvalue weighted by atomic mass is 10.3. The number of rotatable bonds is 5. The first-order chi connectivity index (χ1) is 9.72. The lowest BCUT2D eigenvalue weighted by Crippen LogP contribution is -2.05. The first kappa shape index (κ1) is 12.2. The number of aromatic amines is 1. The predicted molar refractivity (Wildman–Crippen MR) is 71.4 cm³/mol. The van der Waals surface area contributed by atoms with Crippen molar-refractivity contribution in [1.82, 2.24) is 15.0 Å². The van der Waals surface area contributed by atoms with E-state index in [9.17, 15) is 10.1 Å². The average Bonchev–Trinajstić information content (AvgIpc) is 3.06. The highest BCUT2D eigenvalue weighted by molar-refractivity contribution is 5.77. The highest BCUT2D eigenvalue weighted by atomic mass is 16.6. The van der Waals surface area contributed by atoms with E-state index in [0.717, 1.165) is 5.82 Å². The van der Waals surface area contributed by atoms with Crippen LogP contribution < -0.4 is 5.32 Å². The molecule has 3 aromatic rings. The SMILES string of the molecule is O=[N+]([O-])c1ccc2oc(NCCc3ncc[nH]3)nc2c1. The van der Waals surface area contributed by atoms with Crippen LogP contribution >= 0.6 is 0 Å². The minimum Gasteiger partial charge on any atom is -0.424 e. The molecule has 0 amide bonds. The smallest absolute Gasteiger partial charge is 0.295 e. The predicted octanol–water partition coefficient (Wildman–Crippen LogP) is 2.11. The Morgan fingerprint density at radius 2 is 2.35 bits per heavy atom. The zero-order chi connectivity index (χ0) is 13.9. The number of imidazole rings is 1. The molecule has 102 valence electrons. The molecule has 0 radical (unpaired) electrons. The summed E-state index contributed by atoms with van der Waals surface area (Å²) in [7, 11) is 0. The summed E-state index contributed by atoms with van der Waals surface area (Å²) >= 11 is 0. The van der Waals surface area contributed by atoms with Gasteiger partial charge in [0.25, 0.3) is 11.7 Å². The summed E-state index contributed by atoms with van der Waals surface area (Å²) in [5.74, 6) is 0.865. The van der Waals surface area contributed by atoms with Crippen molar-refractivity contribution in [1.29, 1.82) is 0 Å². The molecule has 0 unspecified atom stereocenters. The Kier molecular flexibility index (Phi) is 3.04. The van der Waals surface area contributed by atoms with Crippen molar-refractivity contribution in [2.75, 3.05) is 11.9 Å². The number of benzene rings is 1. The number of fused-ring (bicyclic) bond motifs is 1. The Balaban J connectivity index is 1.70. The Bertz CT molecular complexity index is 735. The standard InChI is InChI=1S/C12H11N5O3/c18-17(19)8-1-2-10-9(7-8)16-12(20-10)15-4-3-11-13-5-6-14-11/h1-2,5-7H,3-4H2,(H,13,14)(H,15,16). The Hall–Kier alpha value is -2.90.